The molecule has 0 saturated heterocycles. The third-order valence-electron chi connectivity index (χ3n) is 6.40. The second kappa shape index (κ2) is 7.95. The first-order valence-electron chi connectivity index (χ1n) is 11.2. The fraction of sp³-hybridized carbons (Fsp3) is 0. The molecule has 2 aliphatic carbocycles. The highest BCUT2D eigenvalue weighted by atomic mass is 16.2. The van der Waals surface area contributed by atoms with Crippen LogP contribution in [0.1, 0.15) is 63.7 Å². The molecule has 0 aromatic heterocycles. The number of fused-ring (bicyclic) bond motifs is 4. The Morgan fingerprint density at radius 2 is 0.750 bits per heavy atom. The molecule has 36 heavy (non-hydrogen) atoms. The van der Waals surface area contributed by atoms with E-state index >= 15 is 0 Å². The Morgan fingerprint density at radius 1 is 0.417 bits per heavy atom. The van der Waals surface area contributed by atoms with E-state index in [1.165, 1.54) is 12.1 Å². The number of carbonyl (C=O) groups excluding carboxylic acids is 5. The number of hydrogen-bond acceptors (Lipinski definition) is 5. The first-order chi connectivity index (χ1) is 17.5. The molecular formula is C29H16N2O5. The maximum atomic E-state index is 13.2. The van der Waals surface area contributed by atoms with Crippen LogP contribution in [0.4, 0.5) is 16.2 Å². The number of ketones is 4. The number of benzene rings is 4. The van der Waals surface area contributed by atoms with Crippen LogP contribution in [0.25, 0.3) is 0 Å². The largest absolute Gasteiger partial charge is 0.323 e. The Balaban J connectivity index is 1.34. The lowest BCUT2D eigenvalue weighted by molar-refractivity contribution is 0.0979. The van der Waals surface area contributed by atoms with Crippen molar-refractivity contribution in [2.24, 2.45) is 0 Å². The number of anilines is 2. The zero-order valence-electron chi connectivity index (χ0n) is 18.6. The zero-order valence-corrected chi connectivity index (χ0v) is 18.6. The summed E-state index contributed by atoms with van der Waals surface area (Å²) in [6, 6.07) is 21.7. The Bertz CT molecular complexity index is 1560. The fourth-order valence-corrected chi connectivity index (χ4v) is 4.77. The Kier molecular flexibility index (Phi) is 4.72. The van der Waals surface area contributed by atoms with Gasteiger partial charge < -0.3 is 10.6 Å². The van der Waals surface area contributed by atoms with Gasteiger partial charge in [0.2, 0.25) is 0 Å². The van der Waals surface area contributed by atoms with Crippen molar-refractivity contribution in [3.8, 4) is 0 Å². The van der Waals surface area contributed by atoms with Crippen molar-refractivity contribution in [2.45, 2.75) is 0 Å². The van der Waals surface area contributed by atoms with Gasteiger partial charge in [-0.2, -0.15) is 0 Å². The van der Waals surface area contributed by atoms with Gasteiger partial charge in [0.1, 0.15) is 0 Å². The average Bonchev–Trinajstić information content (AvgIpc) is 2.90. The summed E-state index contributed by atoms with van der Waals surface area (Å²) in [5, 5.41) is 5.27. The summed E-state index contributed by atoms with van der Waals surface area (Å²) in [4.78, 5) is 65.3. The van der Waals surface area contributed by atoms with Crippen molar-refractivity contribution < 1.29 is 24.0 Å². The van der Waals surface area contributed by atoms with E-state index in [2.05, 4.69) is 10.6 Å². The Hall–Kier alpha value is -5.17. The first kappa shape index (κ1) is 21.4. The van der Waals surface area contributed by atoms with Crippen LogP contribution >= 0.6 is 0 Å². The molecule has 0 spiro atoms. The second-order valence-corrected chi connectivity index (χ2v) is 8.44. The van der Waals surface area contributed by atoms with E-state index in [0.717, 1.165) is 0 Å². The third kappa shape index (κ3) is 3.10. The molecule has 172 valence electrons. The molecule has 0 atom stereocenters. The quantitative estimate of drug-likeness (QED) is 0.373. The van der Waals surface area contributed by atoms with Gasteiger partial charge in [0, 0.05) is 33.4 Å². The maximum absolute atomic E-state index is 13.2. The van der Waals surface area contributed by atoms with E-state index in [0.29, 0.717) is 11.1 Å². The molecule has 0 fully saturated rings. The highest BCUT2D eigenvalue weighted by molar-refractivity contribution is 6.32. The van der Waals surface area contributed by atoms with Crippen LogP contribution in [0.3, 0.4) is 0 Å². The van der Waals surface area contributed by atoms with Gasteiger partial charge in [-0.05, 0) is 12.1 Å². The van der Waals surface area contributed by atoms with Gasteiger partial charge in [0.15, 0.2) is 23.1 Å². The molecule has 0 aliphatic heterocycles. The molecule has 7 heteroatoms. The van der Waals surface area contributed by atoms with Crippen LogP contribution in [0.5, 0.6) is 0 Å². The molecule has 0 saturated carbocycles. The molecule has 0 bridgehead atoms. The van der Waals surface area contributed by atoms with Crippen molar-refractivity contribution in [3.63, 3.8) is 0 Å². The molecule has 2 N–H and O–H groups in total. The third-order valence-corrected chi connectivity index (χ3v) is 6.40. The number of carbonyl (C=O) groups is 5. The van der Waals surface area contributed by atoms with E-state index < -0.39 is 6.03 Å². The van der Waals surface area contributed by atoms with Crippen molar-refractivity contribution in [3.05, 3.63) is 129 Å². The minimum Gasteiger partial charge on any atom is -0.307 e. The Morgan fingerprint density at radius 3 is 1.14 bits per heavy atom. The summed E-state index contributed by atoms with van der Waals surface area (Å²) in [6.45, 7) is 0. The first-order valence-corrected chi connectivity index (χ1v) is 11.2. The normalized spacial score (nSPS) is 13.3. The number of urea groups is 1. The smallest absolute Gasteiger partial charge is 0.307 e. The number of rotatable bonds is 2. The molecule has 0 heterocycles. The topological polar surface area (TPSA) is 109 Å². The van der Waals surface area contributed by atoms with Crippen LogP contribution in [-0.4, -0.2) is 29.2 Å². The van der Waals surface area contributed by atoms with Gasteiger partial charge >= 0.3 is 6.03 Å². The Labute approximate surface area is 204 Å². The van der Waals surface area contributed by atoms with Gasteiger partial charge in [0.05, 0.1) is 22.5 Å². The lowest BCUT2D eigenvalue weighted by Gasteiger charge is -2.22. The summed E-state index contributed by atoms with van der Waals surface area (Å²) in [7, 11) is 0. The van der Waals surface area contributed by atoms with E-state index in [1.54, 1.807) is 72.8 Å². The van der Waals surface area contributed by atoms with Crippen LogP contribution in [0, 0.1) is 0 Å². The van der Waals surface area contributed by atoms with E-state index in [4.69, 9.17) is 0 Å². The minimum atomic E-state index is -0.727. The van der Waals surface area contributed by atoms with Crippen LogP contribution in [0.15, 0.2) is 84.9 Å². The van der Waals surface area contributed by atoms with Gasteiger partial charge in [0.25, 0.3) is 0 Å². The van der Waals surface area contributed by atoms with Gasteiger partial charge in [-0.3, -0.25) is 19.2 Å². The van der Waals surface area contributed by atoms with E-state index in [-0.39, 0.29) is 67.9 Å². The molecular weight excluding hydrogens is 456 g/mol. The van der Waals surface area contributed by atoms with Crippen molar-refractivity contribution >= 4 is 40.5 Å². The number of amides is 2. The average molecular weight is 472 g/mol. The van der Waals surface area contributed by atoms with Crippen molar-refractivity contribution in [1.82, 2.24) is 0 Å². The summed E-state index contributed by atoms with van der Waals surface area (Å²) in [6.07, 6.45) is 0. The lowest BCUT2D eigenvalue weighted by Crippen LogP contribution is -2.27. The minimum absolute atomic E-state index is 0.103. The zero-order chi connectivity index (χ0) is 25.0. The molecule has 0 radical (unpaired) electrons. The second-order valence-electron chi connectivity index (χ2n) is 8.44. The van der Waals surface area contributed by atoms with Gasteiger partial charge in [-0.15, -0.1) is 0 Å². The number of hydrogen-bond donors (Lipinski definition) is 2. The highest BCUT2D eigenvalue weighted by Crippen LogP contribution is 2.34. The molecule has 0 unspecified atom stereocenters. The van der Waals surface area contributed by atoms with Crippen LogP contribution < -0.4 is 10.6 Å². The lowest BCUT2D eigenvalue weighted by atomic mass is 9.83. The van der Waals surface area contributed by atoms with Gasteiger partial charge in [-0.1, -0.05) is 72.8 Å². The predicted octanol–water partition coefficient (Wildman–Crippen LogP) is 4.88. The summed E-state index contributed by atoms with van der Waals surface area (Å²) in [5.74, 6) is -1.34. The number of nitrogens with one attached hydrogen (secondary N) is 2. The summed E-state index contributed by atoms with van der Waals surface area (Å²) in [5.41, 5.74) is 2.10. The summed E-state index contributed by atoms with van der Waals surface area (Å²) < 4.78 is 0. The standard InChI is InChI=1S/C29H16N2O5/c32-25-15-7-1-3-9-17(15)27(34)23-19(25)11-5-13-21(23)30-29(36)31-22-14-6-12-20-24(22)28(35)18-10-4-2-8-16(18)26(20)33/h1-14H,(H2,30,31,36). The predicted molar refractivity (Wildman–Crippen MR) is 132 cm³/mol. The maximum Gasteiger partial charge on any atom is 0.323 e. The fourth-order valence-electron chi connectivity index (χ4n) is 4.77. The molecule has 2 amide bonds. The van der Waals surface area contributed by atoms with Gasteiger partial charge in [-0.25, -0.2) is 4.79 Å². The SMILES string of the molecule is O=C(Nc1cccc2c1C(=O)c1ccccc1C2=O)Nc1cccc2c1C(=O)c1ccccc1C2=O. The molecule has 2 aliphatic rings. The van der Waals surface area contributed by atoms with Crippen molar-refractivity contribution in [2.75, 3.05) is 10.6 Å². The highest BCUT2D eigenvalue weighted by Gasteiger charge is 2.33. The molecule has 7 nitrogen and oxygen atoms in total. The monoisotopic (exact) mass is 472 g/mol. The molecule has 4 aromatic carbocycles. The molecule has 4 aromatic rings. The van der Waals surface area contributed by atoms with Crippen molar-refractivity contribution in [1.29, 1.82) is 0 Å². The molecule has 6 rings (SSSR count). The summed E-state index contributed by atoms with van der Waals surface area (Å²) >= 11 is 0. The van der Waals surface area contributed by atoms with Crippen LogP contribution in [-0.2, 0) is 0 Å². The van der Waals surface area contributed by atoms with E-state index in [9.17, 15) is 24.0 Å². The van der Waals surface area contributed by atoms with Crippen LogP contribution in [0.2, 0.25) is 0 Å². The van der Waals surface area contributed by atoms with E-state index in [1.807, 2.05) is 0 Å².